The van der Waals surface area contributed by atoms with Crippen molar-refractivity contribution in [3.63, 3.8) is 0 Å². The van der Waals surface area contributed by atoms with Crippen LogP contribution in [0, 0.1) is 18.3 Å². The minimum atomic E-state index is -0.450. The molecule has 0 aliphatic rings. The molecule has 0 radical (unpaired) electrons. The topological polar surface area (TPSA) is 81.3 Å². The fourth-order valence-corrected chi connectivity index (χ4v) is 2.57. The first-order chi connectivity index (χ1) is 12.6. The molecule has 2 rings (SSSR count). The summed E-state index contributed by atoms with van der Waals surface area (Å²) in [5.74, 6) is 0.181. The second-order valence-electron chi connectivity index (χ2n) is 5.75. The normalized spacial score (nSPS) is 10.9. The molecule has 0 bridgehead atoms. The maximum Gasteiger partial charge on any atom is 0.263 e. The van der Waals surface area contributed by atoms with Gasteiger partial charge in [-0.15, -0.1) is 0 Å². The Hall–Kier alpha value is -3.20. The number of carbonyl (C=O) groups is 1. The molecule has 0 saturated heterocycles. The van der Waals surface area contributed by atoms with Gasteiger partial charge in [-0.1, -0.05) is 0 Å². The summed E-state index contributed by atoms with van der Waals surface area (Å²) in [5, 5.41) is 14.9. The van der Waals surface area contributed by atoms with Crippen molar-refractivity contribution in [3.05, 3.63) is 59.7 Å². The largest absolute Gasteiger partial charge is 0.467 e. The molecule has 1 aromatic heterocycles. The first-order valence-electron chi connectivity index (χ1n) is 8.62. The number of nitriles is 1. The first kappa shape index (κ1) is 19.1. The standard InChI is InChI=1S/C20H24N4O2/c1-4-24(5-2)17-8-9-19(15(3)11-17)22-13-16(12-21)20(25)23-14-18-7-6-10-26-18/h6-11,13,22H,4-5,14H2,1-3H3,(H,23,25)/b16-13-. The van der Waals surface area contributed by atoms with E-state index in [2.05, 4.69) is 35.4 Å². The first-order valence-corrected chi connectivity index (χ1v) is 8.62. The van der Waals surface area contributed by atoms with E-state index in [1.54, 1.807) is 12.1 Å². The second-order valence-corrected chi connectivity index (χ2v) is 5.75. The van der Waals surface area contributed by atoms with Crippen molar-refractivity contribution < 1.29 is 9.21 Å². The summed E-state index contributed by atoms with van der Waals surface area (Å²) in [4.78, 5) is 14.4. The van der Waals surface area contributed by atoms with Crippen LogP contribution in [0.2, 0.25) is 0 Å². The van der Waals surface area contributed by atoms with Crippen LogP contribution >= 0.6 is 0 Å². The Bertz CT molecular complexity index is 800. The van der Waals surface area contributed by atoms with Crippen LogP contribution in [0.3, 0.4) is 0 Å². The van der Waals surface area contributed by atoms with Crippen LogP contribution in [0.15, 0.2) is 52.8 Å². The van der Waals surface area contributed by atoms with E-state index in [1.807, 2.05) is 25.1 Å². The van der Waals surface area contributed by atoms with E-state index in [1.165, 1.54) is 12.5 Å². The molecule has 0 saturated carbocycles. The monoisotopic (exact) mass is 352 g/mol. The van der Waals surface area contributed by atoms with E-state index >= 15 is 0 Å². The van der Waals surface area contributed by atoms with Gasteiger partial charge in [0.25, 0.3) is 5.91 Å². The lowest BCUT2D eigenvalue weighted by molar-refractivity contribution is -0.117. The van der Waals surface area contributed by atoms with Gasteiger partial charge in [-0.05, 0) is 56.7 Å². The van der Waals surface area contributed by atoms with Crippen LogP contribution in [0.25, 0.3) is 0 Å². The fourth-order valence-electron chi connectivity index (χ4n) is 2.57. The molecule has 0 atom stereocenters. The molecule has 1 heterocycles. The Kier molecular flexibility index (Phi) is 6.86. The number of furan rings is 1. The molecule has 6 nitrogen and oxygen atoms in total. The van der Waals surface area contributed by atoms with Crippen LogP contribution < -0.4 is 15.5 Å². The molecule has 1 amide bonds. The van der Waals surface area contributed by atoms with E-state index in [-0.39, 0.29) is 12.1 Å². The molecule has 2 aromatic rings. The van der Waals surface area contributed by atoms with Crippen LogP contribution in [0.1, 0.15) is 25.2 Å². The van der Waals surface area contributed by atoms with Gasteiger partial charge in [0.1, 0.15) is 17.4 Å². The highest BCUT2D eigenvalue weighted by atomic mass is 16.3. The minimum absolute atomic E-state index is 0.00350. The summed E-state index contributed by atoms with van der Waals surface area (Å²) in [7, 11) is 0. The van der Waals surface area contributed by atoms with Gasteiger partial charge in [0, 0.05) is 30.7 Å². The predicted molar refractivity (Wildman–Crippen MR) is 103 cm³/mol. The van der Waals surface area contributed by atoms with Crippen molar-refractivity contribution in [2.75, 3.05) is 23.3 Å². The van der Waals surface area contributed by atoms with E-state index in [4.69, 9.17) is 4.42 Å². The highest BCUT2D eigenvalue weighted by Crippen LogP contribution is 2.22. The molecule has 26 heavy (non-hydrogen) atoms. The fraction of sp³-hybridized carbons (Fsp3) is 0.300. The van der Waals surface area contributed by atoms with Gasteiger partial charge >= 0.3 is 0 Å². The van der Waals surface area contributed by atoms with E-state index < -0.39 is 5.91 Å². The molecule has 6 heteroatoms. The third-order valence-corrected chi connectivity index (χ3v) is 4.08. The Morgan fingerprint density at radius 1 is 1.31 bits per heavy atom. The summed E-state index contributed by atoms with van der Waals surface area (Å²) in [6.45, 7) is 8.35. The van der Waals surface area contributed by atoms with Gasteiger partial charge in [-0.3, -0.25) is 4.79 Å². The predicted octanol–water partition coefficient (Wildman–Crippen LogP) is 3.57. The van der Waals surface area contributed by atoms with Gasteiger partial charge in [0.2, 0.25) is 0 Å². The van der Waals surface area contributed by atoms with Crippen molar-refractivity contribution in [2.45, 2.75) is 27.3 Å². The number of aryl methyl sites for hydroxylation is 1. The van der Waals surface area contributed by atoms with Crippen LogP contribution in [0.4, 0.5) is 11.4 Å². The highest BCUT2D eigenvalue weighted by Gasteiger charge is 2.10. The molecule has 1 aromatic carbocycles. The average Bonchev–Trinajstić information content (AvgIpc) is 3.16. The molecule has 0 spiro atoms. The summed E-state index contributed by atoms with van der Waals surface area (Å²) >= 11 is 0. The number of nitrogens with one attached hydrogen (secondary N) is 2. The number of benzene rings is 1. The molecule has 0 aliphatic heterocycles. The van der Waals surface area contributed by atoms with Gasteiger partial charge in [0.05, 0.1) is 12.8 Å². The van der Waals surface area contributed by atoms with Gasteiger partial charge in [0.15, 0.2) is 0 Å². The third-order valence-electron chi connectivity index (χ3n) is 4.08. The lowest BCUT2D eigenvalue weighted by atomic mass is 10.1. The van der Waals surface area contributed by atoms with Gasteiger partial charge in [-0.2, -0.15) is 5.26 Å². The summed E-state index contributed by atoms with van der Waals surface area (Å²) < 4.78 is 5.15. The quantitative estimate of drug-likeness (QED) is 0.561. The highest BCUT2D eigenvalue weighted by molar-refractivity contribution is 5.97. The van der Waals surface area contributed by atoms with Gasteiger partial charge < -0.3 is 20.0 Å². The van der Waals surface area contributed by atoms with E-state index in [0.29, 0.717) is 5.76 Å². The van der Waals surface area contributed by atoms with Crippen molar-refractivity contribution >= 4 is 17.3 Å². The number of hydrogen-bond acceptors (Lipinski definition) is 5. The average molecular weight is 352 g/mol. The van der Waals surface area contributed by atoms with Crippen molar-refractivity contribution in [2.24, 2.45) is 0 Å². The zero-order valence-corrected chi connectivity index (χ0v) is 15.4. The third kappa shape index (κ3) is 4.90. The molecule has 0 aliphatic carbocycles. The maximum atomic E-state index is 12.1. The summed E-state index contributed by atoms with van der Waals surface area (Å²) in [6, 6.07) is 11.5. The molecule has 0 fully saturated rings. The Balaban J connectivity index is 2.03. The Labute approximate surface area is 154 Å². The van der Waals surface area contributed by atoms with Crippen molar-refractivity contribution in [3.8, 4) is 6.07 Å². The van der Waals surface area contributed by atoms with Crippen molar-refractivity contribution in [1.29, 1.82) is 5.26 Å². The number of hydrogen-bond donors (Lipinski definition) is 2. The van der Waals surface area contributed by atoms with Gasteiger partial charge in [-0.25, -0.2) is 0 Å². The molecule has 136 valence electrons. The van der Waals surface area contributed by atoms with E-state index in [0.717, 1.165) is 30.0 Å². The van der Waals surface area contributed by atoms with Crippen LogP contribution in [-0.4, -0.2) is 19.0 Å². The number of amides is 1. The molecule has 2 N–H and O–H groups in total. The zero-order valence-electron chi connectivity index (χ0n) is 15.4. The molecular weight excluding hydrogens is 328 g/mol. The SMILES string of the molecule is CCN(CC)c1ccc(N/C=C(/C#N)C(=O)NCc2ccco2)c(C)c1. The Morgan fingerprint density at radius 3 is 2.65 bits per heavy atom. The van der Waals surface area contributed by atoms with Crippen LogP contribution in [-0.2, 0) is 11.3 Å². The molecular formula is C20H24N4O2. The number of rotatable bonds is 8. The smallest absolute Gasteiger partial charge is 0.263 e. The lowest BCUT2D eigenvalue weighted by Crippen LogP contribution is -2.24. The lowest BCUT2D eigenvalue weighted by Gasteiger charge is -2.22. The second kappa shape index (κ2) is 9.33. The zero-order chi connectivity index (χ0) is 18.9. The minimum Gasteiger partial charge on any atom is -0.467 e. The number of nitrogens with zero attached hydrogens (tertiary/aromatic N) is 2. The maximum absolute atomic E-state index is 12.1. The summed E-state index contributed by atoms with van der Waals surface area (Å²) in [5.41, 5.74) is 3.05. The van der Waals surface area contributed by atoms with Crippen molar-refractivity contribution in [1.82, 2.24) is 5.32 Å². The van der Waals surface area contributed by atoms with E-state index in [9.17, 15) is 10.1 Å². The summed E-state index contributed by atoms with van der Waals surface area (Å²) in [6.07, 6.45) is 2.96. The molecule has 0 unspecified atom stereocenters. The number of carbonyl (C=O) groups excluding carboxylic acids is 1. The number of anilines is 2. The Morgan fingerprint density at radius 2 is 2.08 bits per heavy atom. The van der Waals surface area contributed by atoms with Crippen LogP contribution in [0.5, 0.6) is 0 Å².